The van der Waals surface area contributed by atoms with Crippen molar-refractivity contribution in [2.24, 2.45) is 17.6 Å². The molecule has 2 unspecified atom stereocenters. The van der Waals surface area contributed by atoms with Crippen LogP contribution in [-0.2, 0) is 0 Å². The molecule has 0 radical (unpaired) electrons. The van der Waals surface area contributed by atoms with Gasteiger partial charge in [0, 0.05) is 38.8 Å². The first-order chi connectivity index (χ1) is 8.70. The zero-order chi connectivity index (χ0) is 13.0. The van der Waals surface area contributed by atoms with Crippen molar-refractivity contribution in [1.29, 1.82) is 0 Å². The molecule has 18 heavy (non-hydrogen) atoms. The van der Waals surface area contributed by atoms with Gasteiger partial charge in [0.05, 0.1) is 0 Å². The van der Waals surface area contributed by atoms with Crippen molar-refractivity contribution in [2.75, 3.05) is 39.3 Å². The Morgan fingerprint density at radius 1 is 1.06 bits per heavy atom. The van der Waals surface area contributed by atoms with Crippen molar-refractivity contribution < 1.29 is 0 Å². The van der Waals surface area contributed by atoms with E-state index in [1.165, 1.54) is 58.4 Å². The molecule has 1 heterocycles. The van der Waals surface area contributed by atoms with E-state index in [0.717, 1.165) is 24.4 Å². The lowest BCUT2D eigenvalue weighted by Crippen LogP contribution is -2.54. The van der Waals surface area contributed by atoms with Gasteiger partial charge in [0.2, 0.25) is 0 Å². The molecule has 0 aromatic heterocycles. The Bertz CT molecular complexity index is 234. The third-order valence-corrected chi connectivity index (χ3v) is 4.67. The van der Waals surface area contributed by atoms with Crippen molar-refractivity contribution in [1.82, 2.24) is 9.80 Å². The molecule has 3 nitrogen and oxygen atoms in total. The largest absolute Gasteiger partial charge is 0.330 e. The second-order valence-electron chi connectivity index (χ2n) is 6.58. The number of nitrogens with zero attached hydrogens (tertiary/aromatic N) is 2. The van der Waals surface area contributed by atoms with Crippen LogP contribution in [0.2, 0.25) is 0 Å². The number of piperazine rings is 1. The topological polar surface area (TPSA) is 32.5 Å². The highest BCUT2D eigenvalue weighted by Gasteiger charge is 2.31. The van der Waals surface area contributed by atoms with Crippen LogP contribution in [0.4, 0.5) is 0 Å². The molecule has 2 rings (SSSR count). The van der Waals surface area contributed by atoms with Crippen molar-refractivity contribution in [3.8, 4) is 0 Å². The summed E-state index contributed by atoms with van der Waals surface area (Å²) in [6.07, 6.45) is 5.54. The summed E-state index contributed by atoms with van der Waals surface area (Å²) < 4.78 is 0. The minimum atomic E-state index is 0.760. The maximum atomic E-state index is 5.96. The molecule has 2 N–H and O–H groups in total. The minimum Gasteiger partial charge on any atom is -0.330 e. The van der Waals surface area contributed by atoms with Crippen LogP contribution in [0.15, 0.2) is 0 Å². The van der Waals surface area contributed by atoms with Gasteiger partial charge in [-0.15, -0.1) is 0 Å². The smallest absolute Gasteiger partial charge is 0.0137 e. The fraction of sp³-hybridized carbons (Fsp3) is 1.00. The summed E-state index contributed by atoms with van der Waals surface area (Å²) in [7, 11) is 0. The molecule has 0 aromatic rings. The Morgan fingerprint density at radius 3 is 2.33 bits per heavy atom. The van der Waals surface area contributed by atoms with Gasteiger partial charge in [-0.2, -0.15) is 0 Å². The SMILES string of the molecule is CC(C)CN1CCN(C2CCCCC2CN)CC1. The molecule has 1 aliphatic carbocycles. The summed E-state index contributed by atoms with van der Waals surface area (Å²) in [6.45, 7) is 11.8. The lowest BCUT2D eigenvalue weighted by atomic mass is 9.83. The van der Waals surface area contributed by atoms with Crippen LogP contribution in [0.1, 0.15) is 39.5 Å². The molecular weight excluding hydrogens is 222 g/mol. The van der Waals surface area contributed by atoms with E-state index in [2.05, 4.69) is 23.6 Å². The van der Waals surface area contributed by atoms with Crippen LogP contribution < -0.4 is 5.73 Å². The average Bonchev–Trinajstić information content (AvgIpc) is 2.39. The number of rotatable bonds is 4. The van der Waals surface area contributed by atoms with Crippen LogP contribution in [-0.4, -0.2) is 55.1 Å². The van der Waals surface area contributed by atoms with Gasteiger partial charge in [-0.05, 0) is 31.2 Å². The monoisotopic (exact) mass is 253 g/mol. The molecule has 2 fully saturated rings. The molecule has 106 valence electrons. The molecule has 2 aliphatic rings. The van der Waals surface area contributed by atoms with E-state index < -0.39 is 0 Å². The van der Waals surface area contributed by atoms with Gasteiger partial charge in [0.25, 0.3) is 0 Å². The van der Waals surface area contributed by atoms with E-state index >= 15 is 0 Å². The Morgan fingerprint density at radius 2 is 1.72 bits per heavy atom. The molecule has 1 aliphatic heterocycles. The standard InChI is InChI=1S/C15H31N3/c1-13(2)12-17-7-9-18(10-8-17)15-6-4-3-5-14(15)11-16/h13-15H,3-12,16H2,1-2H3. The third-order valence-electron chi connectivity index (χ3n) is 4.67. The minimum absolute atomic E-state index is 0.760. The van der Waals surface area contributed by atoms with Gasteiger partial charge >= 0.3 is 0 Å². The van der Waals surface area contributed by atoms with Gasteiger partial charge in [0.15, 0.2) is 0 Å². The molecule has 0 spiro atoms. The predicted octanol–water partition coefficient (Wildman–Crippen LogP) is 1.78. The van der Waals surface area contributed by atoms with Crippen LogP contribution in [0.3, 0.4) is 0 Å². The second kappa shape index (κ2) is 6.88. The Labute approximate surface area is 113 Å². The molecule has 2 atom stereocenters. The van der Waals surface area contributed by atoms with Crippen molar-refractivity contribution in [3.63, 3.8) is 0 Å². The number of hydrogen-bond donors (Lipinski definition) is 1. The second-order valence-corrected chi connectivity index (χ2v) is 6.58. The van der Waals surface area contributed by atoms with Crippen LogP contribution in [0.5, 0.6) is 0 Å². The van der Waals surface area contributed by atoms with Gasteiger partial charge in [0.1, 0.15) is 0 Å². The Kier molecular flexibility index (Phi) is 5.46. The number of nitrogens with two attached hydrogens (primary N) is 1. The molecule has 0 aromatic carbocycles. The molecule has 1 saturated carbocycles. The highest BCUT2D eigenvalue weighted by Crippen LogP contribution is 2.28. The summed E-state index contributed by atoms with van der Waals surface area (Å²) in [5, 5.41) is 0. The Hall–Kier alpha value is -0.120. The molecule has 1 saturated heterocycles. The lowest BCUT2D eigenvalue weighted by Gasteiger charge is -2.44. The average molecular weight is 253 g/mol. The van der Waals surface area contributed by atoms with Crippen LogP contribution in [0, 0.1) is 11.8 Å². The third kappa shape index (κ3) is 3.69. The molecule has 3 heteroatoms. The highest BCUT2D eigenvalue weighted by atomic mass is 15.3. The summed E-state index contributed by atoms with van der Waals surface area (Å²) in [6, 6.07) is 0.782. The quantitative estimate of drug-likeness (QED) is 0.829. The fourth-order valence-corrected chi connectivity index (χ4v) is 3.74. The van der Waals surface area contributed by atoms with E-state index in [1.807, 2.05) is 0 Å². The summed E-state index contributed by atoms with van der Waals surface area (Å²) in [5.74, 6) is 1.55. The maximum absolute atomic E-state index is 5.96. The van der Waals surface area contributed by atoms with Gasteiger partial charge in [-0.25, -0.2) is 0 Å². The first-order valence-electron chi connectivity index (χ1n) is 7.87. The predicted molar refractivity (Wildman–Crippen MR) is 77.7 cm³/mol. The summed E-state index contributed by atoms with van der Waals surface area (Å²) in [4.78, 5) is 5.36. The molecular formula is C15H31N3. The summed E-state index contributed by atoms with van der Waals surface area (Å²) >= 11 is 0. The van der Waals surface area contributed by atoms with E-state index in [0.29, 0.717) is 0 Å². The van der Waals surface area contributed by atoms with Crippen LogP contribution in [0.25, 0.3) is 0 Å². The van der Waals surface area contributed by atoms with Crippen molar-refractivity contribution in [3.05, 3.63) is 0 Å². The zero-order valence-corrected chi connectivity index (χ0v) is 12.3. The van der Waals surface area contributed by atoms with E-state index in [-0.39, 0.29) is 0 Å². The van der Waals surface area contributed by atoms with Gasteiger partial charge < -0.3 is 10.6 Å². The highest BCUT2D eigenvalue weighted by molar-refractivity contribution is 4.86. The maximum Gasteiger partial charge on any atom is 0.0137 e. The van der Waals surface area contributed by atoms with E-state index in [4.69, 9.17) is 5.73 Å². The first-order valence-corrected chi connectivity index (χ1v) is 7.87. The number of hydrogen-bond acceptors (Lipinski definition) is 3. The van der Waals surface area contributed by atoms with Crippen molar-refractivity contribution >= 4 is 0 Å². The van der Waals surface area contributed by atoms with Gasteiger partial charge in [-0.3, -0.25) is 4.90 Å². The zero-order valence-electron chi connectivity index (χ0n) is 12.3. The summed E-state index contributed by atoms with van der Waals surface area (Å²) in [5.41, 5.74) is 5.96. The fourth-order valence-electron chi connectivity index (χ4n) is 3.74. The van der Waals surface area contributed by atoms with Gasteiger partial charge in [-0.1, -0.05) is 26.7 Å². The van der Waals surface area contributed by atoms with E-state index in [1.54, 1.807) is 0 Å². The normalized spacial score (nSPS) is 32.0. The Balaban J connectivity index is 1.81. The molecule has 0 bridgehead atoms. The van der Waals surface area contributed by atoms with Crippen molar-refractivity contribution in [2.45, 2.75) is 45.6 Å². The van der Waals surface area contributed by atoms with Crippen LogP contribution >= 0.6 is 0 Å². The first kappa shape index (κ1) is 14.3. The lowest BCUT2D eigenvalue weighted by molar-refractivity contribution is 0.0480. The van der Waals surface area contributed by atoms with E-state index in [9.17, 15) is 0 Å². The molecule has 0 amide bonds.